The van der Waals surface area contributed by atoms with Crippen molar-refractivity contribution >= 4 is 11.8 Å². The van der Waals surface area contributed by atoms with Crippen LogP contribution in [0.15, 0.2) is 49.7 Å². The molecule has 1 rings (SSSR count). The number of amides is 2. The van der Waals surface area contributed by atoms with Crippen LogP contribution in [0.1, 0.15) is 41.0 Å². The highest BCUT2D eigenvalue weighted by atomic mass is 16.2. The summed E-state index contributed by atoms with van der Waals surface area (Å²) in [4.78, 5) is 23.2. The Morgan fingerprint density at radius 1 is 1.14 bits per heavy atom. The lowest BCUT2D eigenvalue weighted by molar-refractivity contribution is -0.134. The monoisotopic (exact) mass is 297 g/mol. The predicted octanol–water partition coefficient (Wildman–Crippen LogP) is 3.85. The fraction of sp³-hybridized carbons (Fsp3) is 0.412. The molecule has 0 aromatic heterocycles. The third kappa shape index (κ3) is 12.8. The molecule has 0 saturated carbocycles. The molecule has 0 bridgehead atoms. The van der Waals surface area contributed by atoms with E-state index in [2.05, 4.69) is 33.6 Å². The van der Waals surface area contributed by atoms with Gasteiger partial charge in [0.2, 0.25) is 0 Å². The second kappa shape index (κ2) is 23.2. The molecule has 4 nitrogen and oxygen atoms in total. The van der Waals surface area contributed by atoms with Crippen LogP contribution in [0.3, 0.4) is 0 Å². The molecule has 0 fully saturated rings. The number of carbonyl (C=O) groups is 2. The molecule has 0 spiro atoms. The van der Waals surface area contributed by atoms with Crippen LogP contribution in [0, 0.1) is 0 Å². The van der Waals surface area contributed by atoms with Crippen LogP contribution < -0.4 is 0 Å². The first-order valence-corrected chi connectivity index (χ1v) is 6.91. The summed E-state index contributed by atoms with van der Waals surface area (Å²) in [6.45, 7) is 19.5. The average molecular weight is 297 g/mol. The Balaban J connectivity index is -0.000000136. The van der Waals surface area contributed by atoms with E-state index in [1.807, 2.05) is 13.8 Å². The van der Waals surface area contributed by atoms with Crippen molar-refractivity contribution in [2.24, 2.45) is 0 Å². The molecule has 0 unspecified atom stereocenters. The van der Waals surface area contributed by atoms with E-state index in [9.17, 15) is 9.59 Å². The molecule has 1 aliphatic rings. The van der Waals surface area contributed by atoms with E-state index in [0.717, 1.165) is 12.0 Å². The maximum Gasteiger partial charge on any atom is 0.258 e. The van der Waals surface area contributed by atoms with Gasteiger partial charge in [-0.15, -0.1) is 13.2 Å². The molecule has 122 valence electrons. The molecule has 1 N–H and O–H groups in total. The molecule has 0 radical (unpaired) electrons. The maximum absolute atomic E-state index is 11.1. The lowest BCUT2D eigenvalue weighted by Gasteiger charge is -2.13. The number of aliphatic hydroxyl groups is 1. The minimum Gasteiger partial charge on any atom is -0.400 e. The van der Waals surface area contributed by atoms with Crippen molar-refractivity contribution in [2.75, 3.05) is 7.11 Å². The van der Waals surface area contributed by atoms with Crippen LogP contribution in [0.25, 0.3) is 0 Å². The quantitative estimate of drug-likeness (QED) is 0.478. The minimum absolute atomic E-state index is 0.312. The van der Waals surface area contributed by atoms with Gasteiger partial charge in [-0.05, 0) is 13.0 Å². The van der Waals surface area contributed by atoms with E-state index in [1.165, 1.54) is 24.6 Å². The van der Waals surface area contributed by atoms with Gasteiger partial charge in [-0.3, -0.25) is 9.59 Å². The van der Waals surface area contributed by atoms with E-state index in [-0.39, 0.29) is 11.8 Å². The van der Waals surface area contributed by atoms with E-state index in [0.29, 0.717) is 5.70 Å². The molecule has 1 heterocycles. The average Bonchev–Trinajstić information content (AvgIpc) is 2.88. The smallest absolute Gasteiger partial charge is 0.258 e. The maximum atomic E-state index is 11.1. The van der Waals surface area contributed by atoms with Crippen molar-refractivity contribution < 1.29 is 14.7 Å². The normalized spacial score (nSPS) is 11.6. The summed E-state index contributed by atoms with van der Waals surface area (Å²) < 4.78 is 0. The molecule has 0 saturated heterocycles. The molecular weight excluding hydrogens is 266 g/mol. The van der Waals surface area contributed by atoms with Gasteiger partial charge in [0.1, 0.15) is 0 Å². The van der Waals surface area contributed by atoms with Gasteiger partial charge < -0.3 is 5.11 Å². The first kappa shape index (κ1) is 27.4. The Bertz CT molecular complexity index is 313. The van der Waals surface area contributed by atoms with Crippen molar-refractivity contribution in [2.45, 2.75) is 41.0 Å². The Kier molecular flexibility index (Phi) is 30.2. The molecule has 0 aromatic rings. The van der Waals surface area contributed by atoms with Crippen molar-refractivity contribution in [3.8, 4) is 0 Å². The van der Waals surface area contributed by atoms with Crippen molar-refractivity contribution in [1.82, 2.24) is 4.90 Å². The fourth-order valence-corrected chi connectivity index (χ4v) is 0.993. The summed E-state index contributed by atoms with van der Waals surface area (Å²) in [5, 5.41) is 7.00. The number of carbonyl (C=O) groups excluding carboxylic acids is 2. The highest BCUT2D eigenvalue weighted by Crippen LogP contribution is 2.12. The molecule has 0 aliphatic carbocycles. The first-order chi connectivity index (χ1) is 10.1. The largest absolute Gasteiger partial charge is 0.400 e. The van der Waals surface area contributed by atoms with Crippen LogP contribution >= 0.6 is 0 Å². The number of allylic oxidation sites excluding steroid dienone is 2. The van der Waals surface area contributed by atoms with Gasteiger partial charge in [0.15, 0.2) is 0 Å². The summed E-state index contributed by atoms with van der Waals surface area (Å²) in [5.41, 5.74) is 0.523. The SMILES string of the molecule is C=C.C=C/C(=C\C)N1C(=O)C=CC1=O.CC.CCC.CO. The van der Waals surface area contributed by atoms with Crippen molar-refractivity contribution in [3.63, 3.8) is 0 Å². The molecule has 0 aromatic carbocycles. The lowest BCUT2D eigenvalue weighted by Crippen LogP contribution is -2.28. The van der Waals surface area contributed by atoms with E-state index in [1.54, 1.807) is 13.0 Å². The van der Waals surface area contributed by atoms with Crippen molar-refractivity contribution in [1.29, 1.82) is 0 Å². The predicted molar refractivity (Wildman–Crippen MR) is 91.7 cm³/mol. The van der Waals surface area contributed by atoms with Crippen molar-refractivity contribution in [3.05, 3.63) is 49.7 Å². The zero-order valence-corrected chi connectivity index (χ0v) is 14.3. The summed E-state index contributed by atoms with van der Waals surface area (Å²) in [6, 6.07) is 0. The Labute approximate surface area is 130 Å². The zero-order valence-electron chi connectivity index (χ0n) is 14.3. The van der Waals surface area contributed by atoms with Gasteiger partial charge >= 0.3 is 0 Å². The van der Waals surface area contributed by atoms with Crippen LogP contribution in [-0.2, 0) is 9.59 Å². The second-order valence-electron chi connectivity index (χ2n) is 2.97. The molecule has 4 heteroatoms. The topological polar surface area (TPSA) is 57.6 Å². The number of hydrogen-bond donors (Lipinski definition) is 1. The fourth-order valence-electron chi connectivity index (χ4n) is 0.993. The third-order valence-electron chi connectivity index (χ3n) is 1.57. The van der Waals surface area contributed by atoms with E-state index < -0.39 is 0 Å². The highest BCUT2D eigenvalue weighted by Gasteiger charge is 2.24. The summed E-state index contributed by atoms with van der Waals surface area (Å²) in [6.07, 6.45) is 6.88. The van der Waals surface area contributed by atoms with Gasteiger partial charge in [0.05, 0.1) is 0 Å². The standard InChI is InChI=1S/C9H9NO2.C3H8.C2H6.C2H4.CH4O/c1-3-7(4-2)10-8(11)5-6-9(10)12;1-3-2;3*1-2/h3-6H,1H2,2H3;3H2,1-2H3;1-2H3;1-2H2;2H,1H3/b7-4+;;;;. The Morgan fingerprint density at radius 3 is 1.62 bits per heavy atom. The number of imide groups is 1. The van der Waals surface area contributed by atoms with E-state index >= 15 is 0 Å². The van der Waals surface area contributed by atoms with Gasteiger partial charge in [-0.1, -0.05) is 46.8 Å². The van der Waals surface area contributed by atoms with E-state index in [4.69, 9.17) is 5.11 Å². The first-order valence-electron chi connectivity index (χ1n) is 6.91. The number of hydrogen-bond acceptors (Lipinski definition) is 3. The summed E-state index contributed by atoms with van der Waals surface area (Å²) in [7, 11) is 1.00. The van der Waals surface area contributed by atoms with Crippen LogP contribution in [0.4, 0.5) is 0 Å². The van der Waals surface area contributed by atoms with Gasteiger partial charge in [-0.25, -0.2) is 4.90 Å². The van der Waals surface area contributed by atoms with Crippen LogP contribution in [0.2, 0.25) is 0 Å². The lowest BCUT2D eigenvalue weighted by atomic mass is 10.3. The van der Waals surface area contributed by atoms with Crippen LogP contribution in [-0.4, -0.2) is 28.9 Å². The summed E-state index contributed by atoms with van der Waals surface area (Å²) in [5.74, 6) is -0.624. The Morgan fingerprint density at radius 2 is 1.43 bits per heavy atom. The number of aliphatic hydroxyl groups excluding tert-OH is 1. The van der Waals surface area contributed by atoms with Gasteiger partial charge in [-0.2, -0.15) is 0 Å². The zero-order chi connectivity index (χ0) is 17.8. The second-order valence-corrected chi connectivity index (χ2v) is 2.97. The van der Waals surface area contributed by atoms with Gasteiger partial charge in [0, 0.05) is 25.0 Å². The molecule has 21 heavy (non-hydrogen) atoms. The molecular formula is C17H31NO3. The molecule has 0 atom stereocenters. The van der Waals surface area contributed by atoms with Crippen LogP contribution in [0.5, 0.6) is 0 Å². The third-order valence-corrected chi connectivity index (χ3v) is 1.57. The number of rotatable bonds is 2. The number of nitrogens with zero attached hydrogens (tertiary/aromatic N) is 1. The minimum atomic E-state index is -0.312. The molecule has 1 aliphatic heterocycles. The Hall–Kier alpha value is -1.94. The van der Waals surface area contributed by atoms with Gasteiger partial charge in [0.25, 0.3) is 11.8 Å². The highest BCUT2D eigenvalue weighted by molar-refractivity contribution is 6.14. The molecule has 2 amide bonds. The summed E-state index contributed by atoms with van der Waals surface area (Å²) >= 11 is 0.